The van der Waals surface area contributed by atoms with Crippen LogP contribution in [0.5, 0.6) is 5.75 Å². The summed E-state index contributed by atoms with van der Waals surface area (Å²) in [7, 11) is 1.87. The van der Waals surface area contributed by atoms with Crippen LogP contribution in [0.1, 0.15) is 50.2 Å². The fourth-order valence-corrected chi connectivity index (χ4v) is 4.74. The molecule has 1 aliphatic heterocycles. The zero-order valence-corrected chi connectivity index (χ0v) is 15.1. The molecule has 2 fully saturated rings. The van der Waals surface area contributed by atoms with E-state index in [9.17, 15) is 5.11 Å². The standard InChI is InChI=1S/C20H31NO3/c1-3-24-18-8-7-16(12-17(18)14-22)13-21-11-5-10-20(15-21)9-4-6-19(20)23-2/h7-8,12,19,22H,3-6,9-11,13-15H2,1-2H3/t19-,20-/m1/s1. The van der Waals surface area contributed by atoms with Crippen molar-refractivity contribution in [3.63, 3.8) is 0 Å². The van der Waals surface area contributed by atoms with Gasteiger partial charge in [0.05, 0.1) is 19.3 Å². The van der Waals surface area contributed by atoms with Gasteiger partial charge in [0.2, 0.25) is 0 Å². The maximum Gasteiger partial charge on any atom is 0.124 e. The molecule has 0 bridgehead atoms. The van der Waals surface area contributed by atoms with Gasteiger partial charge in [-0.15, -0.1) is 0 Å². The van der Waals surface area contributed by atoms with E-state index in [0.717, 1.165) is 30.9 Å². The molecule has 1 aromatic carbocycles. The van der Waals surface area contributed by atoms with Crippen LogP contribution in [0.3, 0.4) is 0 Å². The first-order valence-electron chi connectivity index (χ1n) is 9.31. The first-order valence-corrected chi connectivity index (χ1v) is 9.31. The Labute approximate surface area is 145 Å². The quantitative estimate of drug-likeness (QED) is 0.867. The third kappa shape index (κ3) is 3.61. The van der Waals surface area contributed by atoms with E-state index < -0.39 is 0 Å². The maximum atomic E-state index is 9.60. The molecule has 1 saturated carbocycles. The fourth-order valence-electron chi connectivity index (χ4n) is 4.74. The van der Waals surface area contributed by atoms with Crippen LogP contribution >= 0.6 is 0 Å². The molecule has 1 N–H and O–H groups in total. The summed E-state index contributed by atoms with van der Waals surface area (Å²) in [6.45, 7) is 5.85. The van der Waals surface area contributed by atoms with E-state index in [0.29, 0.717) is 18.1 Å². The summed E-state index contributed by atoms with van der Waals surface area (Å²) in [5.41, 5.74) is 2.50. The highest BCUT2D eigenvalue weighted by Crippen LogP contribution is 2.46. The number of rotatable bonds is 6. The Morgan fingerprint density at radius 1 is 1.29 bits per heavy atom. The average Bonchev–Trinajstić information content (AvgIpc) is 2.98. The largest absolute Gasteiger partial charge is 0.494 e. The van der Waals surface area contributed by atoms with Crippen molar-refractivity contribution in [3.05, 3.63) is 29.3 Å². The minimum Gasteiger partial charge on any atom is -0.494 e. The second-order valence-corrected chi connectivity index (χ2v) is 7.33. The number of aliphatic hydroxyl groups is 1. The Morgan fingerprint density at radius 2 is 2.12 bits per heavy atom. The average molecular weight is 333 g/mol. The molecular formula is C20H31NO3. The SMILES string of the molecule is CCOc1ccc(CN2CCC[C@]3(CCC[C@H]3OC)C2)cc1CO. The molecule has 4 heteroatoms. The van der Waals surface area contributed by atoms with Gasteiger partial charge in [0.25, 0.3) is 0 Å². The molecule has 24 heavy (non-hydrogen) atoms. The Balaban J connectivity index is 1.69. The van der Waals surface area contributed by atoms with E-state index in [2.05, 4.69) is 17.0 Å². The lowest BCUT2D eigenvalue weighted by Crippen LogP contribution is -2.47. The number of ether oxygens (including phenoxy) is 2. The van der Waals surface area contributed by atoms with Crippen LogP contribution in [-0.2, 0) is 17.9 Å². The number of piperidine rings is 1. The number of aliphatic hydroxyl groups excluding tert-OH is 1. The molecule has 0 radical (unpaired) electrons. The second-order valence-electron chi connectivity index (χ2n) is 7.33. The topological polar surface area (TPSA) is 41.9 Å². The predicted octanol–water partition coefficient (Wildman–Crippen LogP) is 3.36. The molecule has 4 nitrogen and oxygen atoms in total. The van der Waals surface area contributed by atoms with Crippen LogP contribution in [0.2, 0.25) is 0 Å². The smallest absolute Gasteiger partial charge is 0.124 e. The molecule has 1 saturated heterocycles. The molecule has 2 atom stereocenters. The summed E-state index contributed by atoms with van der Waals surface area (Å²) in [6.07, 6.45) is 6.78. The van der Waals surface area contributed by atoms with Crippen LogP contribution in [-0.4, -0.2) is 42.9 Å². The molecule has 134 valence electrons. The normalized spacial score (nSPS) is 27.7. The van der Waals surface area contributed by atoms with Crippen LogP contribution in [0.4, 0.5) is 0 Å². The monoisotopic (exact) mass is 333 g/mol. The van der Waals surface area contributed by atoms with Crippen LogP contribution in [0, 0.1) is 5.41 Å². The van der Waals surface area contributed by atoms with Gasteiger partial charge in [-0.05, 0) is 56.8 Å². The van der Waals surface area contributed by atoms with Gasteiger partial charge in [0.1, 0.15) is 5.75 Å². The summed E-state index contributed by atoms with van der Waals surface area (Å²) in [5.74, 6) is 0.800. The summed E-state index contributed by atoms with van der Waals surface area (Å²) in [6, 6.07) is 6.22. The highest BCUT2D eigenvalue weighted by atomic mass is 16.5. The summed E-state index contributed by atoms with van der Waals surface area (Å²) in [4.78, 5) is 2.57. The lowest BCUT2D eigenvalue weighted by Gasteiger charge is -2.43. The Morgan fingerprint density at radius 3 is 2.88 bits per heavy atom. The van der Waals surface area contributed by atoms with Crippen molar-refractivity contribution in [2.24, 2.45) is 5.41 Å². The van der Waals surface area contributed by atoms with Gasteiger partial charge < -0.3 is 14.6 Å². The van der Waals surface area contributed by atoms with Crippen LogP contribution in [0.15, 0.2) is 18.2 Å². The molecule has 1 heterocycles. The minimum absolute atomic E-state index is 0.0266. The third-order valence-corrected chi connectivity index (χ3v) is 5.80. The summed E-state index contributed by atoms with van der Waals surface area (Å²) in [5, 5.41) is 9.60. The zero-order chi connectivity index (χ0) is 17.0. The van der Waals surface area contributed by atoms with E-state index in [-0.39, 0.29) is 6.61 Å². The van der Waals surface area contributed by atoms with Crippen molar-refractivity contribution >= 4 is 0 Å². The number of hydrogen-bond acceptors (Lipinski definition) is 4. The molecule has 3 rings (SSSR count). The maximum absolute atomic E-state index is 9.60. The zero-order valence-electron chi connectivity index (χ0n) is 15.1. The number of nitrogens with zero attached hydrogens (tertiary/aromatic N) is 1. The van der Waals surface area contributed by atoms with E-state index in [1.165, 1.54) is 37.7 Å². The molecule has 1 aromatic rings. The third-order valence-electron chi connectivity index (χ3n) is 5.80. The molecule has 1 spiro atoms. The highest BCUT2D eigenvalue weighted by Gasteiger charge is 2.45. The van der Waals surface area contributed by atoms with Gasteiger partial charge in [0, 0.05) is 31.2 Å². The Hall–Kier alpha value is -1.10. The van der Waals surface area contributed by atoms with E-state index in [4.69, 9.17) is 9.47 Å². The van der Waals surface area contributed by atoms with Crippen molar-refractivity contribution in [2.75, 3.05) is 26.8 Å². The van der Waals surface area contributed by atoms with Crippen molar-refractivity contribution in [1.82, 2.24) is 4.90 Å². The minimum atomic E-state index is 0.0266. The summed E-state index contributed by atoms with van der Waals surface area (Å²) < 4.78 is 11.4. The molecule has 0 amide bonds. The fraction of sp³-hybridized carbons (Fsp3) is 0.700. The number of benzene rings is 1. The first-order chi connectivity index (χ1) is 11.7. The number of likely N-dealkylation sites (tertiary alicyclic amines) is 1. The Kier molecular flexibility index (Phi) is 5.80. The Bertz CT molecular complexity index is 548. The van der Waals surface area contributed by atoms with Crippen molar-refractivity contribution in [2.45, 2.75) is 58.3 Å². The van der Waals surface area contributed by atoms with Gasteiger partial charge in [-0.25, -0.2) is 0 Å². The van der Waals surface area contributed by atoms with Gasteiger partial charge >= 0.3 is 0 Å². The molecule has 2 aliphatic rings. The summed E-state index contributed by atoms with van der Waals surface area (Å²) >= 11 is 0. The van der Waals surface area contributed by atoms with Crippen molar-refractivity contribution in [1.29, 1.82) is 0 Å². The molecule has 0 unspecified atom stereocenters. The van der Waals surface area contributed by atoms with Crippen molar-refractivity contribution in [3.8, 4) is 5.75 Å². The van der Waals surface area contributed by atoms with Gasteiger partial charge in [-0.3, -0.25) is 4.90 Å². The lowest BCUT2D eigenvalue weighted by molar-refractivity contribution is -0.0366. The van der Waals surface area contributed by atoms with Crippen molar-refractivity contribution < 1.29 is 14.6 Å². The van der Waals surface area contributed by atoms with E-state index in [1.807, 2.05) is 20.1 Å². The van der Waals surface area contributed by atoms with Gasteiger partial charge in [0.15, 0.2) is 0 Å². The molecular weight excluding hydrogens is 302 g/mol. The lowest BCUT2D eigenvalue weighted by atomic mass is 9.76. The number of methoxy groups -OCH3 is 1. The number of hydrogen-bond donors (Lipinski definition) is 1. The second kappa shape index (κ2) is 7.85. The van der Waals surface area contributed by atoms with E-state index >= 15 is 0 Å². The predicted molar refractivity (Wildman–Crippen MR) is 95.1 cm³/mol. The van der Waals surface area contributed by atoms with Gasteiger partial charge in [-0.1, -0.05) is 12.5 Å². The van der Waals surface area contributed by atoms with Crippen LogP contribution in [0.25, 0.3) is 0 Å². The van der Waals surface area contributed by atoms with Crippen LogP contribution < -0.4 is 4.74 Å². The van der Waals surface area contributed by atoms with Gasteiger partial charge in [-0.2, -0.15) is 0 Å². The highest BCUT2D eigenvalue weighted by molar-refractivity contribution is 5.37. The molecule has 0 aromatic heterocycles. The van der Waals surface area contributed by atoms with E-state index in [1.54, 1.807) is 0 Å². The first kappa shape index (κ1) is 17.7. The molecule has 1 aliphatic carbocycles.